The van der Waals surface area contributed by atoms with Crippen LogP contribution in [0.2, 0.25) is 0 Å². The van der Waals surface area contributed by atoms with E-state index in [1.165, 1.54) is 25.3 Å². The Morgan fingerprint density at radius 3 is 1.90 bits per heavy atom. The second kappa shape index (κ2) is 21.4. The molecule has 1 unspecified atom stereocenters. The van der Waals surface area contributed by atoms with E-state index in [1.807, 2.05) is 12.2 Å². The molecule has 0 radical (unpaired) electrons. The maximum atomic E-state index is 12.1. The predicted molar refractivity (Wildman–Crippen MR) is 136 cm³/mol. The SMILES string of the molecule is CCCC=CC=CC=CCCC=CC=CC(=O)NCC(O)(CCCC)CCCCCC. The highest BCUT2D eigenvalue weighted by Crippen LogP contribution is 2.21. The average molecular weight is 430 g/mol. The molecule has 0 rings (SSSR count). The van der Waals surface area contributed by atoms with Gasteiger partial charge in [0.2, 0.25) is 5.91 Å². The molecule has 0 aliphatic rings. The molecule has 0 fully saturated rings. The lowest BCUT2D eigenvalue weighted by molar-refractivity contribution is -0.118. The molecule has 31 heavy (non-hydrogen) atoms. The minimum Gasteiger partial charge on any atom is -0.388 e. The van der Waals surface area contributed by atoms with Crippen molar-refractivity contribution in [1.29, 1.82) is 0 Å². The average Bonchev–Trinajstić information content (AvgIpc) is 2.77. The standard InChI is InChI=1S/C28H47NO2/c1-4-7-10-12-13-14-15-16-17-18-19-20-21-23-27(30)29-26-28(31,24-9-6-3)25-22-11-8-5-2/h10,12-16,19-21,23,31H,4-9,11,17-18,22,24-26H2,1-3H3,(H,29,30). The smallest absolute Gasteiger partial charge is 0.244 e. The van der Waals surface area contributed by atoms with Gasteiger partial charge in [-0.05, 0) is 32.1 Å². The van der Waals surface area contributed by atoms with Crippen molar-refractivity contribution >= 4 is 5.91 Å². The Kier molecular flexibility index (Phi) is 20.1. The van der Waals surface area contributed by atoms with Crippen LogP contribution in [0, 0.1) is 0 Å². The number of aliphatic hydroxyl groups is 1. The maximum Gasteiger partial charge on any atom is 0.244 e. The molecule has 2 N–H and O–H groups in total. The van der Waals surface area contributed by atoms with Crippen LogP contribution in [0.1, 0.15) is 97.8 Å². The van der Waals surface area contributed by atoms with E-state index in [0.717, 1.165) is 57.8 Å². The molecule has 0 heterocycles. The molecular weight excluding hydrogens is 382 g/mol. The molecule has 0 saturated carbocycles. The topological polar surface area (TPSA) is 49.3 Å². The maximum absolute atomic E-state index is 12.1. The van der Waals surface area contributed by atoms with Crippen LogP contribution in [-0.4, -0.2) is 23.2 Å². The minimum absolute atomic E-state index is 0.144. The molecule has 0 aromatic carbocycles. The van der Waals surface area contributed by atoms with Gasteiger partial charge in [-0.1, -0.05) is 120 Å². The first-order chi connectivity index (χ1) is 15.1. The van der Waals surface area contributed by atoms with Gasteiger partial charge < -0.3 is 10.4 Å². The summed E-state index contributed by atoms with van der Waals surface area (Å²) >= 11 is 0. The number of allylic oxidation sites excluding steroid dienone is 9. The van der Waals surface area contributed by atoms with Crippen molar-refractivity contribution in [2.24, 2.45) is 0 Å². The van der Waals surface area contributed by atoms with Crippen LogP contribution in [0.4, 0.5) is 0 Å². The zero-order valence-electron chi connectivity index (χ0n) is 20.3. The number of hydrogen-bond acceptors (Lipinski definition) is 2. The molecular formula is C28H47NO2. The zero-order valence-corrected chi connectivity index (χ0v) is 20.3. The van der Waals surface area contributed by atoms with E-state index in [0.29, 0.717) is 6.54 Å². The van der Waals surface area contributed by atoms with Gasteiger partial charge in [-0.15, -0.1) is 0 Å². The summed E-state index contributed by atoms with van der Waals surface area (Å²) in [7, 11) is 0. The highest BCUT2D eigenvalue weighted by atomic mass is 16.3. The van der Waals surface area contributed by atoms with E-state index in [4.69, 9.17) is 0 Å². The Morgan fingerprint density at radius 1 is 0.710 bits per heavy atom. The predicted octanol–water partition coefficient (Wildman–Crippen LogP) is 7.36. The highest BCUT2D eigenvalue weighted by molar-refractivity contribution is 5.87. The van der Waals surface area contributed by atoms with Crippen LogP contribution in [0.15, 0.2) is 60.8 Å². The summed E-state index contributed by atoms with van der Waals surface area (Å²) in [5, 5.41) is 13.8. The van der Waals surface area contributed by atoms with Crippen LogP contribution in [0.5, 0.6) is 0 Å². The van der Waals surface area contributed by atoms with E-state index in [2.05, 4.69) is 62.5 Å². The molecule has 176 valence electrons. The van der Waals surface area contributed by atoms with Crippen LogP contribution >= 0.6 is 0 Å². The molecule has 0 aliphatic carbocycles. The lowest BCUT2D eigenvalue weighted by atomic mass is 9.90. The van der Waals surface area contributed by atoms with Crippen molar-refractivity contribution in [2.75, 3.05) is 6.54 Å². The Balaban J connectivity index is 4.15. The van der Waals surface area contributed by atoms with Crippen molar-refractivity contribution in [1.82, 2.24) is 5.32 Å². The fraction of sp³-hybridized carbons (Fsp3) is 0.607. The fourth-order valence-corrected chi connectivity index (χ4v) is 3.15. The molecule has 1 amide bonds. The molecule has 3 heteroatoms. The number of carbonyl (C=O) groups is 1. The molecule has 0 aromatic heterocycles. The van der Waals surface area contributed by atoms with Crippen molar-refractivity contribution < 1.29 is 9.90 Å². The van der Waals surface area contributed by atoms with Gasteiger partial charge in [0.1, 0.15) is 0 Å². The van der Waals surface area contributed by atoms with Crippen molar-refractivity contribution in [3.8, 4) is 0 Å². The number of unbranched alkanes of at least 4 members (excludes halogenated alkanes) is 6. The molecule has 1 atom stereocenters. The first kappa shape index (κ1) is 29.1. The summed E-state index contributed by atoms with van der Waals surface area (Å²) in [6, 6.07) is 0. The van der Waals surface area contributed by atoms with E-state index < -0.39 is 5.60 Å². The highest BCUT2D eigenvalue weighted by Gasteiger charge is 2.25. The lowest BCUT2D eigenvalue weighted by Crippen LogP contribution is -2.42. The van der Waals surface area contributed by atoms with Gasteiger partial charge in [-0.3, -0.25) is 4.79 Å². The number of nitrogens with one attached hydrogen (secondary N) is 1. The van der Waals surface area contributed by atoms with Crippen LogP contribution in [0.25, 0.3) is 0 Å². The largest absolute Gasteiger partial charge is 0.388 e. The quantitative estimate of drug-likeness (QED) is 0.128. The van der Waals surface area contributed by atoms with Crippen LogP contribution < -0.4 is 5.32 Å². The van der Waals surface area contributed by atoms with E-state index >= 15 is 0 Å². The summed E-state index contributed by atoms with van der Waals surface area (Å²) in [5.74, 6) is -0.144. The lowest BCUT2D eigenvalue weighted by Gasteiger charge is -2.28. The monoisotopic (exact) mass is 429 g/mol. The van der Waals surface area contributed by atoms with E-state index in [1.54, 1.807) is 6.08 Å². The summed E-state index contributed by atoms with van der Waals surface area (Å²) < 4.78 is 0. The minimum atomic E-state index is -0.782. The van der Waals surface area contributed by atoms with Crippen LogP contribution in [0.3, 0.4) is 0 Å². The summed E-state index contributed by atoms with van der Waals surface area (Å²) in [4.78, 5) is 12.1. The van der Waals surface area contributed by atoms with Crippen molar-refractivity contribution in [2.45, 2.75) is 103 Å². The number of rotatable bonds is 19. The molecule has 0 aliphatic heterocycles. The van der Waals surface area contributed by atoms with Gasteiger partial charge in [-0.2, -0.15) is 0 Å². The van der Waals surface area contributed by atoms with Gasteiger partial charge in [0.15, 0.2) is 0 Å². The van der Waals surface area contributed by atoms with Gasteiger partial charge in [0.05, 0.1) is 5.60 Å². The van der Waals surface area contributed by atoms with Gasteiger partial charge >= 0.3 is 0 Å². The Labute approximate surface area is 192 Å². The second-order valence-electron chi connectivity index (χ2n) is 8.25. The van der Waals surface area contributed by atoms with Crippen LogP contribution in [-0.2, 0) is 4.79 Å². The first-order valence-electron chi connectivity index (χ1n) is 12.4. The Bertz CT molecular complexity index is 572. The first-order valence-corrected chi connectivity index (χ1v) is 12.4. The Morgan fingerprint density at radius 2 is 1.29 bits per heavy atom. The number of carbonyl (C=O) groups excluding carboxylic acids is 1. The summed E-state index contributed by atoms with van der Waals surface area (Å²) in [5.41, 5.74) is -0.782. The van der Waals surface area contributed by atoms with Crippen molar-refractivity contribution in [3.63, 3.8) is 0 Å². The molecule has 0 saturated heterocycles. The third-order valence-corrected chi connectivity index (χ3v) is 5.14. The summed E-state index contributed by atoms with van der Waals surface area (Å²) in [6.45, 7) is 6.82. The molecule has 0 bridgehead atoms. The van der Waals surface area contributed by atoms with Gasteiger partial charge in [-0.25, -0.2) is 0 Å². The normalized spacial score (nSPS) is 14.6. The summed E-state index contributed by atoms with van der Waals surface area (Å²) in [6.07, 6.45) is 32.2. The number of hydrogen-bond donors (Lipinski definition) is 2. The Hall–Kier alpha value is -1.87. The third kappa shape index (κ3) is 19.8. The molecule has 3 nitrogen and oxygen atoms in total. The van der Waals surface area contributed by atoms with Crippen molar-refractivity contribution in [3.05, 3.63) is 60.8 Å². The fourth-order valence-electron chi connectivity index (χ4n) is 3.15. The van der Waals surface area contributed by atoms with Gasteiger partial charge in [0, 0.05) is 12.6 Å². The van der Waals surface area contributed by atoms with E-state index in [9.17, 15) is 9.90 Å². The zero-order chi connectivity index (χ0) is 23.0. The third-order valence-electron chi connectivity index (χ3n) is 5.14. The van der Waals surface area contributed by atoms with Gasteiger partial charge in [0.25, 0.3) is 0 Å². The second-order valence-corrected chi connectivity index (χ2v) is 8.25. The molecule has 0 aromatic rings. The molecule has 0 spiro atoms. The number of amides is 1. The van der Waals surface area contributed by atoms with E-state index in [-0.39, 0.29) is 5.91 Å².